The number of nitrogens with zero attached hydrogens (tertiary/aromatic N) is 2. The molecule has 1 aliphatic heterocycles. The second-order valence-electron chi connectivity index (χ2n) is 6.29. The first-order valence-electron chi connectivity index (χ1n) is 8.92. The maximum Gasteiger partial charge on any atom is 0.203 e. The molecule has 0 amide bonds. The van der Waals surface area contributed by atoms with Crippen LogP contribution in [0.1, 0.15) is 0 Å². The number of ether oxygens (including phenoxy) is 3. The van der Waals surface area contributed by atoms with Crippen molar-refractivity contribution < 1.29 is 14.2 Å². The number of hydrogen-bond donors (Lipinski definition) is 1. The number of hydrogen-bond acceptors (Lipinski definition) is 5. The van der Waals surface area contributed by atoms with Gasteiger partial charge in [-0.3, -0.25) is 0 Å². The minimum atomic E-state index is 0.554. The quantitative estimate of drug-likeness (QED) is 0.735. The summed E-state index contributed by atoms with van der Waals surface area (Å²) in [7, 11) is 4.77. The van der Waals surface area contributed by atoms with Crippen molar-refractivity contribution in [1.29, 1.82) is 0 Å². The molecule has 8 heteroatoms. The second kappa shape index (κ2) is 9.21. The van der Waals surface area contributed by atoms with Crippen LogP contribution in [0.5, 0.6) is 17.2 Å². The summed E-state index contributed by atoms with van der Waals surface area (Å²) in [6.07, 6.45) is 0. The van der Waals surface area contributed by atoms with E-state index < -0.39 is 0 Å². The van der Waals surface area contributed by atoms with Crippen molar-refractivity contribution in [2.24, 2.45) is 0 Å². The molecule has 1 fully saturated rings. The molecule has 0 atom stereocenters. The van der Waals surface area contributed by atoms with Crippen molar-refractivity contribution in [2.45, 2.75) is 0 Å². The molecule has 0 radical (unpaired) electrons. The Morgan fingerprint density at radius 2 is 1.50 bits per heavy atom. The summed E-state index contributed by atoms with van der Waals surface area (Å²) in [5.74, 6) is 1.72. The normalized spacial score (nSPS) is 13.9. The van der Waals surface area contributed by atoms with E-state index in [1.165, 1.54) is 5.69 Å². The van der Waals surface area contributed by atoms with E-state index in [-0.39, 0.29) is 0 Å². The number of halogens is 1. The highest BCUT2D eigenvalue weighted by Crippen LogP contribution is 2.40. The van der Waals surface area contributed by atoms with Gasteiger partial charge in [-0.05, 0) is 36.5 Å². The molecule has 150 valence electrons. The first kappa shape index (κ1) is 20.4. The molecular weight excluding hydrogens is 398 g/mol. The molecule has 0 saturated carbocycles. The number of thiocarbonyl (C=S) groups is 1. The molecule has 1 heterocycles. The van der Waals surface area contributed by atoms with Crippen LogP contribution in [0, 0.1) is 0 Å². The lowest BCUT2D eigenvalue weighted by molar-refractivity contribution is 0.324. The molecule has 0 aromatic heterocycles. The molecule has 1 aliphatic rings. The highest BCUT2D eigenvalue weighted by molar-refractivity contribution is 7.80. The maximum atomic E-state index is 5.98. The lowest BCUT2D eigenvalue weighted by Gasteiger charge is -2.37. The van der Waals surface area contributed by atoms with E-state index in [0.717, 1.165) is 36.9 Å². The molecular formula is C20H24ClN3O3S. The molecule has 3 rings (SSSR count). The maximum absolute atomic E-state index is 5.98. The highest BCUT2D eigenvalue weighted by atomic mass is 35.5. The van der Waals surface area contributed by atoms with Crippen molar-refractivity contribution >= 4 is 40.3 Å². The third-order valence-corrected chi connectivity index (χ3v) is 5.29. The zero-order valence-corrected chi connectivity index (χ0v) is 17.8. The SMILES string of the molecule is COc1cc(NC(=S)N2CCN(c3ccc(Cl)cc3)CC2)cc(OC)c1OC. The minimum absolute atomic E-state index is 0.554. The number of rotatable bonds is 5. The largest absolute Gasteiger partial charge is 0.493 e. The molecule has 28 heavy (non-hydrogen) atoms. The summed E-state index contributed by atoms with van der Waals surface area (Å²) < 4.78 is 16.2. The Kier molecular flexibility index (Phi) is 6.70. The topological polar surface area (TPSA) is 46.2 Å². The predicted octanol–water partition coefficient (Wildman–Crippen LogP) is 3.88. The zero-order chi connectivity index (χ0) is 20.1. The monoisotopic (exact) mass is 421 g/mol. The molecule has 6 nitrogen and oxygen atoms in total. The first-order chi connectivity index (χ1) is 13.5. The fraction of sp³-hybridized carbons (Fsp3) is 0.350. The number of methoxy groups -OCH3 is 3. The molecule has 2 aromatic rings. The van der Waals surface area contributed by atoms with Crippen molar-refractivity contribution in [1.82, 2.24) is 4.90 Å². The van der Waals surface area contributed by atoms with Gasteiger partial charge in [0.15, 0.2) is 16.6 Å². The van der Waals surface area contributed by atoms with E-state index in [1.54, 1.807) is 21.3 Å². The lowest BCUT2D eigenvalue weighted by atomic mass is 10.2. The Labute approximate surface area is 175 Å². The zero-order valence-electron chi connectivity index (χ0n) is 16.2. The third-order valence-electron chi connectivity index (χ3n) is 4.67. The van der Waals surface area contributed by atoms with Gasteiger partial charge in [0.1, 0.15) is 0 Å². The number of benzene rings is 2. The smallest absolute Gasteiger partial charge is 0.203 e. The number of anilines is 2. The summed E-state index contributed by atoms with van der Waals surface area (Å²) >= 11 is 11.6. The molecule has 0 spiro atoms. The Morgan fingerprint density at radius 1 is 0.929 bits per heavy atom. The summed E-state index contributed by atoms with van der Waals surface area (Å²) in [5, 5.41) is 4.70. The van der Waals surface area contributed by atoms with Gasteiger partial charge in [-0.25, -0.2) is 0 Å². The molecule has 0 unspecified atom stereocenters. The summed E-state index contributed by atoms with van der Waals surface area (Å²) in [6.45, 7) is 3.44. The standard InChI is InChI=1S/C20H24ClN3O3S/c1-25-17-12-15(13-18(26-2)19(17)27-3)22-20(28)24-10-8-23(9-11-24)16-6-4-14(21)5-7-16/h4-7,12-13H,8-11H2,1-3H3,(H,22,28). The van der Waals surface area contributed by atoms with Gasteiger partial charge in [0.25, 0.3) is 0 Å². The number of piperazine rings is 1. The lowest BCUT2D eigenvalue weighted by Crippen LogP contribution is -2.50. The van der Waals surface area contributed by atoms with E-state index in [1.807, 2.05) is 36.4 Å². The van der Waals surface area contributed by atoms with Gasteiger partial charge in [0.2, 0.25) is 5.75 Å². The van der Waals surface area contributed by atoms with Crippen LogP contribution in [-0.2, 0) is 0 Å². The molecule has 2 aromatic carbocycles. The second-order valence-corrected chi connectivity index (χ2v) is 7.12. The average molecular weight is 422 g/mol. The van der Waals surface area contributed by atoms with Crippen molar-refractivity contribution in [3.05, 3.63) is 41.4 Å². The average Bonchev–Trinajstić information content (AvgIpc) is 2.73. The van der Waals surface area contributed by atoms with E-state index in [2.05, 4.69) is 15.1 Å². The Hall–Kier alpha value is -2.38. The van der Waals surface area contributed by atoms with E-state index in [4.69, 9.17) is 38.0 Å². The van der Waals surface area contributed by atoms with Crippen molar-refractivity contribution in [2.75, 3.05) is 57.7 Å². The fourth-order valence-corrected chi connectivity index (χ4v) is 3.60. The fourth-order valence-electron chi connectivity index (χ4n) is 3.18. The van der Waals surface area contributed by atoms with E-state index >= 15 is 0 Å². The van der Waals surface area contributed by atoms with Crippen LogP contribution in [0.2, 0.25) is 5.02 Å². The van der Waals surface area contributed by atoms with Crippen LogP contribution < -0.4 is 24.4 Å². The summed E-state index contributed by atoms with van der Waals surface area (Å²) in [5.41, 5.74) is 1.96. The molecule has 1 N–H and O–H groups in total. The molecule has 0 bridgehead atoms. The van der Waals surface area contributed by atoms with Crippen LogP contribution in [0.3, 0.4) is 0 Å². The van der Waals surface area contributed by atoms with Gasteiger partial charge in [0.05, 0.1) is 21.3 Å². The van der Waals surface area contributed by atoms with Crippen LogP contribution in [0.4, 0.5) is 11.4 Å². The Balaban J connectivity index is 1.63. The van der Waals surface area contributed by atoms with Crippen LogP contribution in [0.15, 0.2) is 36.4 Å². The Morgan fingerprint density at radius 3 is 2.00 bits per heavy atom. The minimum Gasteiger partial charge on any atom is -0.493 e. The van der Waals surface area contributed by atoms with Gasteiger partial charge in [-0.1, -0.05) is 11.6 Å². The van der Waals surface area contributed by atoms with Gasteiger partial charge in [-0.15, -0.1) is 0 Å². The molecule has 1 saturated heterocycles. The highest BCUT2D eigenvalue weighted by Gasteiger charge is 2.20. The van der Waals surface area contributed by atoms with Gasteiger partial charge < -0.3 is 29.3 Å². The van der Waals surface area contributed by atoms with Crippen LogP contribution >= 0.6 is 23.8 Å². The third kappa shape index (κ3) is 4.54. The van der Waals surface area contributed by atoms with Crippen molar-refractivity contribution in [3.63, 3.8) is 0 Å². The van der Waals surface area contributed by atoms with Gasteiger partial charge in [0, 0.05) is 54.7 Å². The first-order valence-corrected chi connectivity index (χ1v) is 9.70. The van der Waals surface area contributed by atoms with Crippen LogP contribution in [-0.4, -0.2) is 57.5 Å². The predicted molar refractivity (Wildman–Crippen MR) is 118 cm³/mol. The summed E-state index contributed by atoms with van der Waals surface area (Å²) in [4.78, 5) is 4.49. The number of nitrogens with one attached hydrogen (secondary N) is 1. The van der Waals surface area contributed by atoms with Gasteiger partial charge in [-0.2, -0.15) is 0 Å². The summed E-state index contributed by atoms with van der Waals surface area (Å²) in [6, 6.07) is 11.6. The van der Waals surface area contributed by atoms with E-state index in [0.29, 0.717) is 22.4 Å². The Bertz CT molecular complexity index is 799. The van der Waals surface area contributed by atoms with Gasteiger partial charge >= 0.3 is 0 Å². The van der Waals surface area contributed by atoms with E-state index in [9.17, 15) is 0 Å². The van der Waals surface area contributed by atoms with Crippen molar-refractivity contribution in [3.8, 4) is 17.2 Å². The van der Waals surface area contributed by atoms with Crippen LogP contribution in [0.25, 0.3) is 0 Å². The molecule has 0 aliphatic carbocycles.